The van der Waals surface area contributed by atoms with Crippen molar-refractivity contribution >= 4 is 47.3 Å². The molecule has 0 aliphatic heterocycles. The number of aliphatic carboxylic acids is 1. The molecule has 0 aromatic heterocycles. The molecular weight excluding hydrogens is 177 g/mol. The van der Waals surface area contributed by atoms with E-state index in [1.54, 1.807) is 17.2 Å². The fourth-order valence-corrected chi connectivity index (χ4v) is 0.950. The molecule has 1 atom stereocenters. The molecular formula is C5H11NNaO3S. The average molecular weight is 188 g/mol. The van der Waals surface area contributed by atoms with Gasteiger partial charge in [-0.2, -0.15) is 17.2 Å². The Hall–Kier alpha value is 0.740. The predicted octanol–water partition coefficient (Wildman–Crippen LogP) is -0.209. The molecule has 0 unspecified atom stereocenters. The van der Waals surface area contributed by atoms with Crippen LogP contribution in [-0.2, 0) is 4.79 Å². The SMILES string of the molecule is CSCC[C@H](NO)C(=O)O.[Na]. The van der Waals surface area contributed by atoms with E-state index >= 15 is 0 Å². The van der Waals surface area contributed by atoms with Gasteiger partial charge in [0.15, 0.2) is 0 Å². The number of hydrogen-bond acceptors (Lipinski definition) is 4. The van der Waals surface area contributed by atoms with Crippen LogP contribution in [0.25, 0.3) is 0 Å². The van der Waals surface area contributed by atoms with E-state index in [1.165, 1.54) is 0 Å². The molecule has 0 saturated carbocycles. The topological polar surface area (TPSA) is 69.6 Å². The van der Waals surface area contributed by atoms with Crippen LogP contribution in [0.3, 0.4) is 0 Å². The van der Waals surface area contributed by atoms with E-state index in [-0.39, 0.29) is 29.6 Å². The van der Waals surface area contributed by atoms with Gasteiger partial charge in [0.05, 0.1) is 0 Å². The Bertz CT molecular complexity index is 114. The summed E-state index contributed by atoms with van der Waals surface area (Å²) in [5, 5.41) is 16.7. The van der Waals surface area contributed by atoms with E-state index in [0.29, 0.717) is 6.42 Å². The zero-order valence-electron chi connectivity index (χ0n) is 6.70. The van der Waals surface area contributed by atoms with Crippen LogP contribution in [0.4, 0.5) is 0 Å². The number of carboxylic acid groups (broad SMARTS) is 1. The largest absolute Gasteiger partial charge is 0.480 e. The number of carboxylic acids is 1. The Balaban J connectivity index is 0. The number of hydroxylamine groups is 1. The third-order valence-corrected chi connectivity index (χ3v) is 1.71. The maximum absolute atomic E-state index is 10.2. The average Bonchev–Trinajstić information content (AvgIpc) is 1.89. The van der Waals surface area contributed by atoms with Crippen molar-refractivity contribution in [3.05, 3.63) is 0 Å². The van der Waals surface area contributed by atoms with Gasteiger partial charge in [-0.25, -0.2) is 0 Å². The van der Waals surface area contributed by atoms with E-state index in [4.69, 9.17) is 10.3 Å². The molecule has 6 heteroatoms. The fraction of sp³-hybridized carbons (Fsp3) is 0.800. The first-order valence-corrected chi connectivity index (χ1v) is 4.23. The van der Waals surface area contributed by atoms with Gasteiger partial charge in [0.25, 0.3) is 0 Å². The molecule has 4 nitrogen and oxygen atoms in total. The summed E-state index contributed by atoms with van der Waals surface area (Å²) in [6, 6.07) is -0.826. The van der Waals surface area contributed by atoms with Gasteiger partial charge in [-0.1, -0.05) is 0 Å². The molecule has 0 bridgehead atoms. The molecule has 0 aromatic rings. The molecule has 3 N–H and O–H groups in total. The molecule has 0 heterocycles. The Morgan fingerprint density at radius 1 is 1.73 bits per heavy atom. The predicted molar refractivity (Wildman–Crippen MR) is 45.1 cm³/mol. The van der Waals surface area contributed by atoms with Gasteiger partial charge in [-0.3, -0.25) is 4.79 Å². The first-order chi connectivity index (χ1) is 4.72. The second-order valence-corrected chi connectivity index (χ2v) is 2.79. The summed E-state index contributed by atoms with van der Waals surface area (Å²) >= 11 is 1.55. The number of nitrogens with one attached hydrogen (secondary N) is 1. The Kier molecular flexibility index (Phi) is 11.5. The Morgan fingerprint density at radius 3 is 2.55 bits per heavy atom. The van der Waals surface area contributed by atoms with Gasteiger partial charge in [0.1, 0.15) is 6.04 Å². The molecule has 0 rings (SSSR count). The Morgan fingerprint density at radius 2 is 2.27 bits per heavy atom. The van der Waals surface area contributed by atoms with Crippen LogP contribution in [0, 0.1) is 0 Å². The molecule has 0 aliphatic carbocycles. The molecule has 1 radical (unpaired) electrons. The fourth-order valence-electron chi connectivity index (χ4n) is 0.479. The molecule has 0 fully saturated rings. The molecule has 11 heavy (non-hydrogen) atoms. The quantitative estimate of drug-likeness (QED) is 0.411. The standard InChI is InChI=1S/C5H11NO3S.Na/c1-10-3-2-4(6-9)5(7)8;/h4,6,9H,2-3H2,1H3,(H,7,8);/t4-;/m0./s1. The molecule has 0 spiro atoms. The van der Waals surface area contributed by atoms with E-state index in [0.717, 1.165) is 5.75 Å². The third-order valence-electron chi connectivity index (χ3n) is 1.06. The maximum atomic E-state index is 10.2. The van der Waals surface area contributed by atoms with Gasteiger partial charge < -0.3 is 10.3 Å². The summed E-state index contributed by atoms with van der Waals surface area (Å²) in [5.74, 6) is -0.290. The minimum absolute atomic E-state index is 0. The van der Waals surface area contributed by atoms with Gasteiger partial charge in [0, 0.05) is 29.6 Å². The van der Waals surface area contributed by atoms with E-state index in [2.05, 4.69) is 0 Å². The zero-order valence-corrected chi connectivity index (χ0v) is 9.52. The van der Waals surface area contributed by atoms with Crippen molar-refractivity contribution in [1.82, 2.24) is 5.48 Å². The molecule has 61 valence electrons. The minimum Gasteiger partial charge on any atom is -0.480 e. The molecule has 0 aromatic carbocycles. The normalized spacial score (nSPS) is 11.8. The van der Waals surface area contributed by atoms with Crippen LogP contribution in [0.2, 0.25) is 0 Å². The smallest absolute Gasteiger partial charge is 0.323 e. The van der Waals surface area contributed by atoms with Crippen LogP contribution in [0.1, 0.15) is 6.42 Å². The Labute approximate surface area is 92.0 Å². The first-order valence-electron chi connectivity index (χ1n) is 2.83. The van der Waals surface area contributed by atoms with Crippen molar-refractivity contribution in [2.75, 3.05) is 12.0 Å². The summed E-state index contributed by atoms with van der Waals surface area (Å²) in [6.07, 6.45) is 2.32. The summed E-state index contributed by atoms with van der Waals surface area (Å²) in [6.45, 7) is 0. The van der Waals surface area contributed by atoms with Crippen molar-refractivity contribution in [3.8, 4) is 0 Å². The third kappa shape index (κ3) is 7.11. The monoisotopic (exact) mass is 188 g/mol. The van der Waals surface area contributed by atoms with Crippen molar-refractivity contribution in [2.45, 2.75) is 12.5 Å². The van der Waals surface area contributed by atoms with E-state index in [1.807, 2.05) is 6.26 Å². The summed E-state index contributed by atoms with van der Waals surface area (Å²) in [4.78, 5) is 10.2. The van der Waals surface area contributed by atoms with Crippen LogP contribution < -0.4 is 5.48 Å². The molecule has 0 amide bonds. The maximum Gasteiger partial charge on any atom is 0.323 e. The second kappa shape index (κ2) is 8.83. The number of rotatable bonds is 5. The van der Waals surface area contributed by atoms with Crippen LogP contribution in [0.15, 0.2) is 0 Å². The van der Waals surface area contributed by atoms with Crippen molar-refractivity contribution in [3.63, 3.8) is 0 Å². The zero-order chi connectivity index (χ0) is 7.98. The molecule has 0 aliphatic rings. The van der Waals surface area contributed by atoms with Gasteiger partial charge in [-0.15, -0.1) is 0 Å². The van der Waals surface area contributed by atoms with Gasteiger partial charge in [0.2, 0.25) is 0 Å². The van der Waals surface area contributed by atoms with Crippen molar-refractivity contribution in [1.29, 1.82) is 0 Å². The van der Waals surface area contributed by atoms with Gasteiger partial charge in [-0.05, 0) is 18.4 Å². The number of thioether (sulfide) groups is 1. The first kappa shape index (κ1) is 14.3. The van der Waals surface area contributed by atoms with Crippen LogP contribution >= 0.6 is 11.8 Å². The number of hydrogen-bond donors (Lipinski definition) is 3. The van der Waals surface area contributed by atoms with Crippen LogP contribution in [-0.4, -0.2) is 63.9 Å². The summed E-state index contributed by atoms with van der Waals surface area (Å²) in [7, 11) is 0. The van der Waals surface area contributed by atoms with Gasteiger partial charge >= 0.3 is 5.97 Å². The van der Waals surface area contributed by atoms with E-state index in [9.17, 15) is 4.79 Å². The number of carbonyl (C=O) groups is 1. The van der Waals surface area contributed by atoms with Crippen LogP contribution in [0.5, 0.6) is 0 Å². The van der Waals surface area contributed by atoms with E-state index < -0.39 is 12.0 Å². The summed E-state index contributed by atoms with van der Waals surface area (Å²) in [5.41, 5.74) is 1.72. The van der Waals surface area contributed by atoms with Crippen molar-refractivity contribution < 1.29 is 15.1 Å². The minimum atomic E-state index is -1.02. The molecule has 0 saturated heterocycles. The van der Waals surface area contributed by atoms with Crippen molar-refractivity contribution in [2.24, 2.45) is 0 Å². The second-order valence-electron chi connectivity index (χ2n) is 1.80. The summed E-state index contributed by atoms with van der Waals surface area (Å²) < 4.78 is 0.